The van der Waals surface area contributed by atoms with Crippen molar-refractivity contribution in [2.24, 2.45) is 11.8 Å². The zero-order valence-electron chi connectivity index (χ0n) is 11.7. The van der Waals surface area contributed by atoms with Crippen LogP contribution in [0.15, 0.2) is 0 Å². The number of carboxylic acid groups (broad SMARTS) is 1. The molecule has 1 aliphatic carbocycles. The summed E-state index contributed by atoms with van der Waals surface area (Å²) in [7, 11) is 0. The molecule has 0 spiro atoms. The van der Waals surface area contributed by atoms with E-state index in [1.54, 1.807) is 0 Å². The van der Waals surface area contributed by atoms with Crippen LogP contribution in [0.5, 0.6) is 0 Å². The molecule has 19 heavy (non-hydrogen) atoms. The summed E-state index contributed by atoms with van der Waals surface area (Å²) in [5, 5.41) is 8.93. The topological polar surface area (TPSA) is 60.9 Å². The molecule has 0 radical (unpaired) electrons. The lowest BCUT2D eigenvalue weighted by atomic mass is 9.95. The van der Waals surface area contributed by atoms with Gasteiger partial charge in [-0.25, -0.2) is 4.79 Å². The first-order valence-corrected chi connectivity index (χ1v) is 7.35. The van der Waals surface area contributed by atoms with E-state index >= 15 is 0 Å². The summed E-state index contributed by atoms with van der Waals surface area (Å²) in [6.45, 7) is 4.18. The Morgan fingerprint density at radius 3 is 2.26 bits per heavy atom. The second-order valence-electron chi connectivity index (χ2n) is 5.84. The molecule has 2 amide bonds. The fourth-order valence-electron chi connectivity index (χ4n) is 2.72. The van der Waals surface area contributed by atoms with Crippen molar-refractivity contribution in [3.05, 3.63) is 0 Å². The van der Waals surface area contributed by atoms with Gasteiger partial charge < -0.3 is 14.9 Å². The summed E-state index contributed by atoms with van der Waals surface area (Å²) in [5.41, 5.74) is 0. The van der Waals surface area contributed by atoms with Gasteiger partial charge in [0.15, 0.2) is 0 Å². The van der Waals surface area contributed by atoms with Crippen LogP contribution < -0.4 is 0 Å². The summed E-state index contributed by atoms with van der Waals surface area (Å²) in [6, 6.07) is -0.0798. The Morgan fingerprint density at radius 1 is 1.16 bits per heavy atom. The average molecular weight is 268 g/mol. The van der Waals surface area contributed by atoms with Gasteiger partial charge in [0.25, 0.3) is 0 Å². The molecular formula is C14H24N2O3. The van der Waals surface area contributed by atoms with Gasteiger partial charge in [-0.05, 0) is 37.5 Å². The Bertz CT molecular complexity index is 334. The fourth-order valence-corrected chi connectivity index (χ4v) is 2.72. The van der Waals surface area contributed by atoms with E-state index in [-0.39, 0.29) is 12.6 Å². The molecule has 0 bridgehead atoms. The second kappa shape index (κ2) is 6.26. The number of likely N-dealkylation sites (tertiary alicyclic amines) is 1. The molecule has 0 aromatic carbocycles. The summed E-state index contributed by atoms with van der Waals surface area (Å²) >= 11 is 0. The largest absolute Gasteiger partial charge is 0.480 e. The predicted molar refractivity (Wildman–Crippen MR) is 71.9 cm³/mol. The summed E-state index contributed by atoms with van der Waals surface area (Å²) in [4.78, 5) is 26.6. The average Bonchev–Trinajstić information content (AvgIpc) is 3.21. The maximum absolute atomic E-state index is 12.4. The van der Waals surface area contributed by atoms with Gasteiger partial charge in [-0.2, -0.15) is 0 Å². The quantitative estimate of drug-likeness (QED) is 0.830. The Balaban J connectivity index is 1.88. The van der Waals surface area contributed by atoms with Gasteiger partial charge >= 0.3 is 12.0 Å². The number of rotatable bonds is 5. The van der Waals surface area contributed by atoms with Crippen LogP contribution in [-0.2, 0) is 4.79 Å². The molecule has 0 aromatic rings. The van der Waals surface area contributed by atoms with Crippen molar-refractivity contribution < 1.29 is 14.7 Å². The first-order valence-electron chi connectivity index (χ1n) is 7.35. The minimum absolute atomic E-state index is 0.0798. The number of aliphatic carboxylic acids is 1. The fraction of sp³-hybridized carbons (Fsp3) is 0.857. The first kappa shape index (κ1) is 14.2. The highest BCUT2D eigenvalue weighted by molar-refractivity contribution is 5.80. The number of nitrogens with zero attached hydrogens (tertiary/aromatic N) is 2. The van der Waals surface area contributed by atoms with Crippen molar-refractivity contribution in [3.8, 4) is 0 Å². The van der Waals surface area contributed by atoms with Crippen LogP contribution in [0.3, 0.4) is 0 Å². The normalized spacial score (nSPS) is 20.4. The van der Waals surface area contributed by atoms with E-state index in [0.717, 1.165) is 44.7 Å². The Labute approximate surface area is 114 Å². The third-order valence-electron chi connectivity index (χ3n) is 4.23. The molecule has 0 aromatic heterocycles. The van der Waals surface area contributed by atoms with Crippen LogP contribution in [0.25, 0.3) is 0 Å². The maximum Gasteiger partial charge on any atom is 0.323 e. The van der Waals surface area contributed by atoms with Crippen molar-refractivity contribution >= 4 is 12.0 Å². The van der Waals surface area contributed by atoms with Crippen LogP contribution in [0.1, 0.15) is 39.0 Å². The highest BCUT2D eigenvalue weighted by Gasteiger charge is 2.31. The van der Waals surface area contributed by atoms with Gasteiger partial charge in [0, 0.05) is 19.6 Å². The van der Waals surface area contributed by atoms with Gasteiger partial charge in [-0.15, -0.1) is 0 Å². The Hall–Kier alpha value is -1.26. The number of carboxylic acids is 1. The molecular weight excluding hydrogens is 244 g/mol. The third kappa shape index (κ3) is 4.11. The van der Waals surface area contributed by atoms with Crippen LogP contribution in [0.4, 0.5) is 4.79 Å². The number of carbonyl (C=O) groups excluding carboxylic acids is 1. The van der Waals surface area contributed by atoms with E-state index in [9.17, 15) is 9.59 Å². The molecule has 5 nitrogen and oxygen atoms in total. The minimum atomic E-state index is -0.919. The molecule has 2 aliphatic rings. The molecule has 2 fully saturated rings. The van der Waals surface area contributed by atoms with Gasteiger partial charge in [0.05, 0.1) is 0 Å². The van der Waals surface area contributed by atoms with E-state index in [1.807, 2.05) is 4.90 Å². The van der Waals surface area contributed by atoms with Crippen molar-refractivity contribution in [1.29, 1.82) is 0 Å². The van der Waals surface area contributed by atoms with Gasteiger partial charge in [-0.1, -0.05) is 13.3 Å². The van der Waals surface area contributed by atoms with Crippen molar-refractivity contribution in [1.82, 2.24) is 9.80 Å². The highest BCUT2D eigenvalue weighted by atomic mass is 16.4. The van der Waals surface area contributed by atoms with E-state index in [0.29, 0.717) is 12.5 Å². The zero-order valence-corrected chi connectivity index (χ0v) is 11.7. The summed E-state index contributed by atoms with van der Waals surface area (Å²) in [5.74, 6) is 0.328. The number of amides is 2. The minimum Gasteiger partial charge on any atom is -0.480 e. The van der Waals surface area contributed by atoms with E-state index in [4.69, 9.17) is 5.11 Å². The molecule has 1 heterocycles. The van der Waals surface area contributed by atoms with Crippen LogP contribution in [0.2, 0.25) is 0 Å². The maximum atomic E-state index is 12.4. The molecule has 5 heteroatoms. The van der Waals surface area contributed by atoms with E-state index in [2.05, 4.69) is 6.92 Å². The number of hydrogen-bond donors (Lipinski definition) is 1. The molecule has 1 saturated carbocycles. The number of piperidine rings is 1. The Kier molecular flexibility index (Phi) is 4.66. The molecule has 0 unspecified atom stereocenters. The zero-order chi connectivity index (χ0) is 13.8. The Morgan fingerprint density at radius 2 is 1.79 bits per heavy atom. The third-order valence-corrected chi connectivity index (χ3v) is 4.23. The van der Waals surface area contributed by atoms with E-state index in [1.165, 1.54) is 11.3 Å². The first-order chi connectivity index (χ1) is 9.10. The molecule has 1 aliphatic heterocycles. The smallest absolute Gasteiger partial charge is 0.323 e. The number of urea groups is 1. The van der Waals surface area contributed by atoms with Crippen LogP contribution >= 0.6 is 0 Å². The van der Waals surface area contributed by atoms with Crippen LogP contribution in [0, 0.1) is 11.8 Å². The standard InChI is InChI=1S/C14H24N2O3/c1-2-11-5-7-15(8-6-11)14(19)16(10-13(17)18)9-12-3-4-12/h11-12H,2-10H2,1H3,(H,17,18). The molecule has 2 rings (SSSR count). The SMILES string of the molecule is CCC1CCN(C(=O)N(CC(=O)O)CC2CC2)CC1. The van der Waals surface area contributed by atoms with Crippen molar-refractivity contribution in [2.75, 3.05) is 26.2 Å². The van der Waals surface area contributed by atoms with E-state index < -0.39 is 5.97 Å². The predicted octanol–water partition coefficient (Wildman–Crippen LogP) is 2.02. The number of hydrogen-bond acceptors (Lipinski definition) is 2. The van der Waals surface area contributed by atoms with Crippen LogP contribution in [-0.4, -0.2) is 53.1 Å². The van der Waals surface area contributed by atoms with Gasteiger partial charge in [0.2, 0.25) is 0 Å². The van der Waals surface area contributed by atoms with Crippen molar-refractivity contribution in [2.45, 2.75) is 39.0 Å². The summed E-state index contributed by atoms with van der Waals surface area (Å²) in [6.07, 6.45) is 5.52. The lowest BCUT2D eigenvalue weighted by Gasteiger charge is -2.35. The molecule has 108 valence electrons. The highest BCUT2D eigenvalue weighted by Crippen LogP contribution is 2.30. The second-order valence-corrected chi connectivity index (χ2v) is 5.84. The van der Waals surface area contributed by atoms with Gasteiger partial charge in [-0.3, -0.25) is 4.79 Å². The molecule has 0 atom stereocenters. The molecule has 1 N–H and O–H groups in total. The number of carbonyl (C=O) groups is 2. The molecule has 1 saturated heterocycles. The lowest BCUT2D eigenvalue weighted by molar-refractivity contribution is -0.137. The van der Waals surface area contributed by atoms with Gasteiger partial charge in [0.1, 0.15) is 6.54 Å². The van der Waals surface area contributed by atoms with Crippen molar-refractivity contribution in [3.63, 3.8) is 0 Å². The lowest BCUT2D eigenvalue weighted by Crippen LogP contribution is -2.48. The monoisotopic (exact) mass is 268 g/mol. The summed E-state index contributed by atoms with van der Waals surface area (Å²) < 4.78 is 0.